The van der Waals surface area contributed by atoms with Crippen LogP contribution in [0.1, 0.15) is 25.7 Å². The molecule has 9 heteroatoms. The van der Waals surface area contributed by atoms with Gasteiger partial charge in [-0.1, -0.05) is 0 Å². The molecule has 5 aromatic heterocycles. The number of aromatic nitrogens is 7. The number of fused-ring (bicyclic) bond motifs is 3. The number of nitrogens with one attached hydrogen (secondary N) is 2. The van der Waals surface area contributed by atoms with Crippen molar-refractivity contribution in [2.75, 3.05) is 18.4 Å². The Morgan fingerprint density at radius 1 is 0.971 bits per heavy atom. The summed E-state index contributed by atoms with van der Waals surface area (Å²) in [4.78, 5) is 21.1. The lowest BCUT2D eigenvalue weighted by Gasteiger charge is -2.32. The van der Waals surface area contributed by atoms with Gasteiger partial charge in [-0.15, -0.1) is 0 Å². The van der Waals surface area contributed by atoms with Gasteiger partial charge in [0.1, 0.15) is 5.52 Å². The van der Waals surface area contributed by atoms with Crippen LogP contribution in [0.25, 0.3) is 33.5 Å². The summed E-state index contributed by atoms with van der Waals surface area (Å²) in [6.07, 6.45) is 12.6. The molecular formula is C25H25N9. The van der Waals surface area contributed by atoms with Crippen molar-refractivity contribution in [1.29, 1.82) is 0 Å². The first-order valence-corrected chi connectivity index (χ1v) is 11.9. The molecule has 7 rings (SSSR count). The van der Waals surface area contributed by atoms with Crippen molar-refractivity contribution >= 4 is 33.8 Å². The van der Waals surface area contributed by atoms with E-state index in [1.165, 1.54) is 38.8 Å². The fourth-order valence-corrected chi connectivity index (χ4v) is 5.79. The third kappa shape index (κ3) is 3.15. The average Bonchev–Trinajstić information content (AvgIpc) is 3.64. The van der Waals surface area contributed by atoms with Gasteiger partial charge < -0.3 is 9.88 Å². The molecule has 7 heterocycles. The summed E-state index contributed by atoms with van der Waals surface area (Å²) in [7, 11) is 0. The van der Waals surface area contributed by atoms with Crippen LogP contribution in [0.3, 0.4) is 0 Å². The summed E-state index contributed by atoms with van der Waals surface area (Å²) in [6.45, 7) is 3.42. The van der Waals surface area contributed by atoms with Gasteiger partial charge in [-0.25, -0.2) is 9.97 Å². The Morgan fingerprint density at radius 3 is 2.79 bits per heavy atom. The molecule has 0 spiro atoms. The summed E-state index contributed by atoms with van der Waals surface area (Å²) in [6, 6.07) is 9.81. The van der Waals surface area contributed by atoms with Crippen LogP contribution in [-0.2, 0) is 6.54 Å². The Morgan fingerprint density at radius 2 is 1.88 bits per heavy atom. The number of aromatic amines is 1. The van der Waals surface area contributed by atoms with Gasteiger partial charge in [0, 0.05) is 42.3 Å². The van der Waals surface area contributed by atoms with E-state index < -0.39 is 0 Å². The fourth-order valence-electron chi connectivity index (χ4n) is 5.79. The smallest absolute Gasteiger partial charge is 0.161 e. The van der Waals surface area contributed by atoms with Crippen molar-refractivity contribution < 1.29 is 0 Å². The molecule has 0 amide bonds. The molecule has 170 valence electrons. The van der Waals surface area contributed by atoms with Crippen molar-refractivity contribution in [3.05, 3.63) is 55.1 Å². The van der Waals surface area contributed by atoms with Gasteiger partial charge in [-0.05, 0) is 63.0 Å². The molecule has 0 radical (unpaired) electrons. The van der Waals surface area contributed by atoms with E-state index in [4.69, 9.17) is 4.98 Å². The third-order valence-electron chi connectivity index (χ3n) is 7.36. The second-order valence-electron chi connectivity index (χ2n) is 9.35. The Balaban J connectivity index is 1.17. The minimum atomic E-state index is 0.287. The van der Waals surface area contributed by atoms with Crippen LogP contribution in [0.15, 0.2) is 55.1 Å². The second kappa shape index (κ2) is 7.59. The molecule has 0 aliphatic carbocycles. The number of rotatable bonds is 5. The Bertz CT molecular complexity index is 1490. The standard InChI is InChI=1S/C25H25N9/c1-4-18-23(27-9-1)17(5-10-26-18)20-14-21(32-31-20)29-22-15-28-19-6-13-33(24(19)30-22)16-25-7-2-11-34(25)12-3-8-25/h1,4-6,9-10,13-15H,2-3,7-8,11-12,16H2,(H2,29,30,31,32). The summed E-state index contributed by atoms with van der Waals surface area (Å²) in [5.74, 6) is 1.36. The van der Waals surface area contributed by atoms with Crippen molar-refractivity contribution in [3.8, 4) is 11.3 Å². The zero-order chi connectivity index (χ0) is 22.5. The number of nitrogens with zero attached hydrogens (tertiary/aromatic N) is 7. The molecule has 0 aromatic carbocycles. The Kier molecular flexibility index (Phi) is 4.38. The Hall–Kier alpha value is -3.85. The number of hydrogen-bond donors (Lipinski definition) is 2. The molecule has 2 N–H and O–H groups in total. The molecule has 5 aromatic rings. The first-order chi connectivity index (χ1) is 16.8. The predicted octanol–water partition coefficient (Wildman–Crippen LogP) is 4.14. The van der Waals surface area contributed by atoms with E-state index in [0.717, 1.165) is 40.0 Å². The van der Waals surface area contributed by atoms with E-state index >= 15 is 0 Å². The van der Waals surface area contributed by atoms with Gasteiger partial charge in [-0.3, -0.25) is 20.0 Å². The lowest BCUT2D eigenvalue weighted by atomic mass is 9.94. The van der Waals surface area contributed by atoms with Crippen LogP contribution >= 0.6 is 0 Å². The molecule has 2 fully saturated rings. The minimum Gasteiger partial charge on any atom is -0.329 e. The highest BCUT2D eigenvalue weighted by molar-refractivity contribution is 5.90. The molecule has 0 saturated carbocycles. The van der Waals surface area contributed by atoms with E-state index in [2.05, 4.69) is 52.2 Å². The lowest BCUT2D eigenvalue weighted by Crippen LogP contribution is -2.41. The highest BCUT2D eigenvalue weighted by Gasteiger charge is 2.44. The third-order valence-corrected chi connectivity index (χ3v) is 7.36. The van der Waals surface area contributed by atoms with Crippen LogP contribution in [0.5, 0.6) is 0 Å². The minimum absolute atomic E-state index is 0.287. The summed E-state index contributed by atoms with van der Waals surface area (Å²) in [5.41, 5.74) is 5.64. The largest absolute Gasteiger partial charge is 0.329 e. The highest BCUT2D eigenvalue weighted by atomic mass is 15.3. The maximum atomic E-state index is 4.91. The van der Waals surface area contributed by atoms with Crippen LogP contribution in [0, 0.1) is 0 Å². The first-order valence-electron chi connectivity index (χ1n) is 11.9. The quantitative estimate of drug-likeness (QED) is 0.414. The van der Waals surface area contributed by atoms with Crippen molar-refractivity contribution in [2.45, 2.75) is 37.8 Å². The van der Waals surface area contributed by atoms with Crippen molar-refractivity contribution in [1.82, 2.24) is 39.6 Å². The van der Waals surface area contributed by atoms with Crippen LogP contribution in [0.2, 0.25) is 0 Å². The van der Waals surface area contributed by atoms with Crippen LogP contribution in [-0.4, -0.2) is 58.2 Å². The lowest BCUT2D eigenvalue weighted by molar-refractivity contribution is 0.171. The van der Waals surface area contributed by atoms with Gasteiger partial charge in [0.2, 0.25) is 0 Å². The fraction of sp³-hybridized carbons (Fsp3) is 0.320. The zero-order valence-electron chi connectivity index (χ0n) is 18.8. The van der Waals surface area contributed by atoms with E-state index in [1.54, 1.807) is 18.6 Å². The van der Waals surface area contributed by atoms with E-state index in [-0.39, 0.29) is 5.54 Å². The maximum absolute atomic E-state index is 4.91. The van der Waals surface area contributed by atoms with Gasteiger partial charge in [0.15, 0.2) is 17.3 Å². The van der Waals surface area contributed by atoms with E-state index in [1.807, 2.05) is 24.3 Å². The summed E-state index contributed by atoms with van der Waals surface area (Å²) >= 11 is 0. The molecule has 2 saturated heterocycles. The predicted molar refractivity (Wildman–Crippen MR) is 131 cm³/mol. The van der Waals surface area contributed by atoms with E-state index in [0.29, 0.717) is 11.6 Å². The number of pyridine rings is 2. The van der Waals surface area contributed by atoms with Gasteiger partial charge >= 0.3 is 0 Å². The van der Waals surface area contributed by atoms with Crippen LogP contribution in [0.4, 0.5) is 11.6 Å². The highest BCUT2D eigenvalue weighted by Crippen LogP contribution is 2.40. The Labute approximate surface area is 196 Å². The van der Waals surface area contributed by atoms with Crippen LogP contribution < -0.4 is 5.32 Å². The average molecular weight is 452 g/mol. The summed E-state index contributed by atoms with van der Waals surface area (Å²) < 4.78 is 2.28. The number of H-pyrrole nitrogens is 1. The SMILES string of the molecule is c1cnc2c(-c3cc(Nc4cnc5ccn(CC67CCCN6CCC7)c5n4)n[nH]3)ccnc2c1. The van der Waals surface area contributed by atoms with Crippen molar-refractivity contribution in [2.24, 2.45) is 0 Å². The zero-order valence-corrected chi connectivity index (χ0v) is 18.8. The van der Waals surface area contributed by atoms with Gasteiger partial charge in [-0.2, -0.15) is 5.10 Å². The molecule has 2 aliphatic rings. The monoisotopic (exact) mass is 451 g/mol. The van der Waals surface area contributed by atoms with E-state index in [9.17, 15) is 0 Å². The molecule has 34 heavy (non-hydrogen) atoms. The number of hydrogen-bond acceptors (Lipinski definition) is 7. The summed E-state index contributed by atoms with van der Waals surface area (Å²) in [5, 5.41) is 10.9. The van der Waals surface area contributed by atoms with Crippen molar-refractivity contribution in [3.63, 3.8) is 0 Å². The van der Waals surface area contributed by atoms with Gasteiger partial charge in [0.05, 0.1) is 22.9 Å². The molecular weight excluding hydrogens is 426 g/mol. The molecule has 0 unspecified atom stereocenters. The molecule has 9 nitrogen and oxygen atoms in total. The topological polar surface area (TPSA) is 100 Å². The second-order valence-corrected chi connectivity index (χ2v) is 9.35. The maximum Gasteiger partial charge on any atom is 0.161 e. The number of anilines is 2. The molecule has 0 bridgehead atoms. The van der Waals surface area contributed by atoms with Gasteiger partial charge in [0.25, 0.3) is 0 Å². The molecule has 0 atom stereocenters. The first kappa shape index (κ1) is 19.6. The molecule has 2 aliphatic heterocycles. The normalized spacial score (nSPS) is 17.5.